The van der Waals surface area contributed by atoms with Crippen molar-refractivity contribution >= 4 is 37.7 Å². The standard InChI is InChI=1S/C15H17Br2N3/c1-4-18-15-12(17)13(9(2)3)19-14(20-15)10-6-5-7-11(16)8-10/h5-9H,4H2,1-3H3,(H,18,19,20). The minimum atomic E-state index is 0.329. The van der Waals surface area contributed by atoms with Crippen LogP contribution in [0.1, 0.15) is 32.4 Å². The van der Waals surface area contributed by atoms with Crippen molar-refractivity contribution in [2.45, 2.75) is 26.7 Å². The number of nitrogens with one attached hydrogen (secondary N) is 1. The molecule has 1 aromatic heterocycles. The van der Waals surface area contributed by atoms with Crippen LogP contribution in [0.3, 0.4) is 0 Å². The fourth-order valence-electron chi connectivity index (χ4n) is 1.89. The second-order valence-electron chi connectivity index (χ2n) is 4.79. The molecule has 20 heavy (non-hydrogen) atoms. The van der Waals surface area contributed by atoms with Gasteiger partial charge in [-0.2, -0.15) is 0 Å². The van der Waals surface area contributed by atoms with Crippen molar-refractivity contribution in [2.24, 2.45) is 0 Å². The van der Waals surface area contributed by atoms with E-state index in [0.29, 0.717) is 5.92 Å². The fraction of sp³-hybridized carbons (Fsp3) is 0.333. The molecule has 1 heterocycles. The molecule has 0 atom stereocenters. The maximum Gasteiger partial charge on any atom is 0.161 e. The molecule has 106 valence electrons. The first kappa shape index (κ1) is 15.4. The zero-order valence-corrected chi connectivity index (χ0v) is 14.9. The van der Waals surface area contributed by atoms with Crippen molar-refractivity contribution in [2.75, 3.05) is 11.9 Å². The summed E-state index contributed by atoms with van der Waals surface area (Å²) in [5, 5.41) is 3.29. The van der Waals surface area contributed by atoms with Crippen LogP contribution in [0.2, 0.25) is 0 Å². The van der Waals surface area contributed by atoms with Gasteiger partial charge >= 0.3 is 0 Å². The van der Waals surface area contributed by atoms with E-state index in [1.807, 2.05) is 24.3 Å². The highest BCUT2D eigenvalue weighted by Gasteiger charge is 2.15. The van der Waals surface area contributed by atoms with Gasteiger partial charge in [-0.3, -0.25) is 0 Å². The predicted octanol–water partition coefficient (Wildman–Crippen LogP) is 5.22. The van der Waals surface area contributed by atoms with E-state index in [-0.39, 0.29) is 0 Å². The van der Waals surface area contributed by atoms with Gasteiger partial charge in [-0.1, -0.05) is 41.9 Å². The van der Waals surface area contributed by atoms with Gasteiger partial charge in [-0.05, 0) is 40.9 Å². The second kappa shape index (κ2) is 6.68. The number of hydrogen-bond acceptors (Lipinski definition) is 3. The molecule has 0 radical (unpaired) electrons. The summed E-state index contributed by atoms with van der Waals surface area (Å²) in [7, 11) is 0. The molecule has 3 nitrogen and oxygen atoms in total. The summed E-state index contributed by atoms with van der Waals surface area (Å²) in [6.45, 7) is 7.15. The lowest BCUT2D eigenvalue weighted by Gasteiger charge is -2.14. The minimum Gasteiger partial charge on any atom is -0.369 e. The maximum atomic E-state index is 4.71. The van der Waals surface area contributed by atoms with Crippen LogP contribution in [0.4, 0.5) is 5.82 Å². The Kier molecular flexibility index (Phi) is 5.16. The van der Waals surface area contributed by atoms with Crippen LogP contribution < -0.4 is 5.32 Å². The van der Waals surface area contributed by atoms with Crippen molar-refractivity contribution in [1.29, 1.82) is 0 Å². The van der Waals surface area contributed by atoms with Crippen LogP contribution in [0.5, 0.6) is 0 Å². The van der Waals surface area contributed by atoms with Crippen molar-refractivity contribution in [3.05, 3.63) is 38.9 Å². The molecule has 2 rings (SSSR count). The zero-order valence-electron chi connectivity index (χ0n) is 11.7. The third-order valence-corrected chi connectivity index (χ3v) is 4.13. The van der Waals surface area contributed by atoms with Gasteiger partial charge in [0.25, 0.3) is 0 Å². The smallest absolute Gasteiger partial charge is 0.161 e. The number of hydrogen-bond donors (Lipinski definition) is 1. The molecule has 0 spiro atoms. The Labute approximate surface area is 136 Å². The Bertz CT molecular complexity index is 612. The number of benzene rings is 1. The van der Waals surface area contributed by atoms with E-state index >= 15 is 0 Å². The third-order valence-electron chi connectivity index (χ3n) is 2.85. The number of anilines is 1. The van der Waals surface area contributed by atoms with Crippen LogP contribution >= 0.6 is 31.9 Å². The number of rotatable bonds is 4. The Morgan fingerprint density at radius 2 is 1.95 bits per heavy atom. The van der Waals surface area contributed by atoms with Gasteiger partial charge in [0.15, 0.2) is 5.82 Å². The van der Waals surface area contributed by atoms with Gasteiger partial charge < -0.3 is 5.32 Å². The van der Waals surface area contributed by atoms with Gasteiger partial charge in [0.05, 0.1) is 10.2 Å². The van der Waals surface area contributed by atoms with E-state index in [0.717, 1.165) is 38.4 Å². The van der Waals surface area contributed by atoms with E-state index in [1.54, 1.807) is 0 Å². The second-order valence-corrected chi connectivity index (χ2v) is 6.50. The van der Waals surface area contributed by atoms with Crippen LogP contribution in [-0.2, 0) is 0 Å². The first-order valence-electron chi connectivity index (χ1n) is 6.60. The van der Waals surface area contributed by atoms with Gasteiger partial charge in [-0.25, -0.2) is 9.97 Å². The van der Waals surface area contributed by atoms with Crippen molar-refractivity contribution in [1.82, 2.24) is 9.97 Å². The molecular formula is C15H17Br2N3. The molecule has 1 aromatic carbocycles. The van der Waals surface area contributed by atoms with E-state index < -0.39 is 0 Å². The zero-order chi connectivity index (χ0) is 14.7. The maximum absolute atomic E-state index is 4.71. The Balaban J connectivity index is 2.58. The average molecular weight is 399 g/mol. The van der Waals surface area contributed by atoms with Crippen LogP contribution in [0, 0.1) is 0 Å². The van der Waals surface area contributed by atoms with Crippen LogP contribution in [0.15, 0.2) is 33.2 Å². The van der Waals surface area contributed by atoms with Gasteiger partial charge in [0.2, 0.25) is 0 Å². The van der Waals surface area contributed by atoms with Gasteiger partial charge in [0, 0.05) is 16.6 Å². The minimum absolute atomic E-state index is 0.329. The SMILES string of the molecule is CCNc1nc(-c2cccc(Br)c2)nc(C(C)C)c1Br. The summed E-state index contributed by atoms with van der Waals surface area (Å²) in [5.41, 5.74) is 2.03. The lowest BCUT2D eigenvalue weighted by atomic mass is 10.1. The predicted molar refractivity (Wildman–Crippen MR) is 91.1 cm³/mol. The van der Waals surface area contributed by atoms with E-state index in [9.17, 15) is 0 Å². The summed E-state index contributed by atoms with van der Waals surface area (Å²) < 4.78 is 1.98. The molecule has 0 saturated heterocycles. The largest absolute Gasteiger partial charge is 0.369 e. The van der Waals surface area contributed by atoms with Crippen molar-refractivity contribution < 1.29 is 0 Å². The Morgan fingerprint density at radius 1 is 1.20 bits per heavy atom. The Hall–Kier alpha value is -0.940. The molecule has 0 fully saturated rings. The molecule has 0 aliphatic rings. The fourth-order valence-corrected chi connectivity index (χ4v) is 3.06. The van der Waals surface area contributed by atoms with Crippen molar-refractivity contribution in [3.63, 3.8) is 0 Å². The lowest BCUT2D eigenvalue weighted by molar-refractivity contribution is 0.809. The first-order valence-corrected chi connectivity index (χ1v) is 8.18. The first-order chi connectivity index (χ1) is 9.52. The topological polar surface area (TPSA) is 37.8 Å². The number of aromatic nitrogens is 2. The highest BCUT2D eigenvalue weighted by atomic mass is 79.9. The molecule has 2 aromatic rings. The molecule has 5 heteroatoms. The summed E-state index contributed by atoms with van der Waals surface area (Å²) in [4.78, 5) is 9.33. The normalized spacial score (nSPS) is 10.9. The molecule has 0 unspecified atom stereocenters. The number of halogens is 2. The molecule has 0 amide bonds. The van der Waals surface area contributed by atoms with Gasteiger partial charge in [-0.15, -0.1) is 0 Å². The summed E-state index contributed by atoms with van der Waals surface area (Å²) in [6, 6.07) is 8.04. The molecule has 1 N–H and O–H groups in total. The average Bonchev–Trinajstić information content (AvgIpc) is 2.41. The lowest BCUT2D eigenvalue weighted by Crippen LogP contribution is -2.07. The van der Waals surface area contributed by atoms with E-state index in [2.05, 4.69) is 62.9 Å². The van der Waals surface area contributed by atoms with Crippen molar-refractivity contribution in [3.8, 4) is 11.4 Å². The molecule has 0 aliphatic carbocycles. The Morgan fingerprint density at radius 3 is 2.55 bits per heavy atom. The monoisotopic (exact) mass is 397 g/mol. The van der Waals surface area contributed by atoms with E-state index in [4.69, 9.17) is 4.98 Å². The molecular weight excluding hydrogens is 382 g/mol. The molecule has 0 bridgehead atoms. The van der Waals surface area contributed by atoms with Crippen LogP contribution in [0.25, 0.3) is 11.4 Å². The summed E-state index contributed by atoms with van der Waals surface area (Å²) in [6.07, 6.45) is 0. The summed E-state index contributed by atoms with van der Waals surface area (Å²) in [5.74, 6) is 1.92. The van der Waals surface area contributed by atoms with Crippen LogP contribution in [-0.4, -0.2) is 16.5 Å². The summed E-state index contributed by atoms with van der Waals surface area (Å²) >= 11 is 7.10. The highest BCUT2D eigenvalue weighted by Crippen LogP contribution is 2.31. The highest BCUT2D eigenvalue weighted by molar-refractivity contribution is 9.11. The molecule has 0 saturated carbocycles. The number of nitrogens with zero attached hydrogens (tertiary/aromatic N) is 2. The van der Waals surface area contributed by atoms with Gasteiger partial charge in [0.1, 0.15) is 5.82 Å². The van der Waals surface area contributed by atoms with E-state index in [1.165, 1.54) is 0 Å². The quantitative estimate of drug-likeness (QED) is 0.766. The molecule has 0 aliphatic heterocycles. The third kappa shape index (κ3) is 3.38.